The average molecular weight is 234 g/mol. The van der Waals surface area contributed by atoms with Crippen LogP contribution in [0.5, 0.6) is 0 Å². The molecule has 2 aromatic heterocycles. The Bertz CT molecular complexity index is 561. The lowest BCUT2D eigenvalue weighted by molar-refractivity contribution is 0.0213. The zero-order valence-corrected chi connectivity index (χ0v) is 8.75. The Morgan fingerprint density at radius 2 is 2.29 bits per heavy atom. The molecule has 2 atom stereocenters. The van der Waals surface area contributed by atoms with Crippen molar-refractivity contribution in [2.75, 3.05) is 6.54 Å². The zero-order valence-electron chi connectivity index (χ0n) is 8.75. The van der Waals surface area contributed by atoms with Crippen molar-refractivity contribution >= 4 is 5.78 Å². The van der Waals surface area contributed by atoms with Gasteiger partial charge in [0.1, 0.15) is 6.10 Å². The van der Waals surface area contributed by atoms with Gasteiger partial charge in [-0.2, -0.15) is 0 Å². The van der Waals surface area contributed by atoms with Gasteiger partial charge in [-0.05, 0) is 11.6 Å². The van der Waals surface area contributed by atoms with E-state index in [1.807, 2.05) is 0 Å². The van der Waals surface area contributed by atoms with Gasteiger partial charge < -0.3 is 10.2 Å². The summed E-state index contributed by atoms with van der Waals surface area (Å²) in [6.07, 6.45) is 2.32. The number of nitrogens with zero attached hydrogens (tertiary/aromatic N) is 6. The molecule has 8 heteroatoms. The maximum Gasteiger partial charge on any atom is 0.233 e. The van der Waals surface area contributed by atoms with E-state index in [-0.39, 0.29) is 6.54 Å². The zero-order chi connectivity index (χ0) is 12.3. The fourth-order valence-corrected chi connectivity index (χ4v) is 1.48. The summed E-state index contributed by atoms with van der Waals surface area (Å²) in [5.74, 6) is 0.428. The van der Waals surface area contributed by atoms with Gasteiger partial charge in [0.25, 0.3) is 0 Å². The van der Waals surface area contributed by atoms with E-state index in [4.69, 9.17) is 5.53 Å². The molecular formula is C9H10N6O2. The molecule has 0 amide bonds. The molecule has 0 aliphatic carbocycles. The molecule has 0 bridgehead atoms. The van der Waals surface area contributed by atoms with Crippen LogP contribution in [0.4, 0.5) is 0 Å². The summed E-state index contributed by atoms with van der Waals surface area (Å²) in [5.41, 5.74) is 8.53. The maximum atomic E-state index is 9.88. The highest BCUT2D eigenvalue weighted by atomic mass is 16.3. The number of aromatic nitrogens is 3. The molecule has 2 rings (SSSR count). The van der Waals surface area contributed by atoms with Crippen LogP contribution in [0.3, 0.4) is 0 Å². The second-order valence-corrected chi connectivity index (χ2v) is 3.40. The first-order valence-corrected chi connectivity index (χ1v) is 4.89. The normalized spacial score (nSPS) is 14.2. The summed E-state index contributed by atoms with van der Waals surface area (Å²) in [6, 6.07) is 1.69. The minimum Gasteiger partial charge on any atom is -0.390 e. The molecule has 0 fully saturated rings. The molecule has 17 heavy (non-hydrogen) atoms. The molecular weight excluding hydrogens is 224 g/mol. The first kappa shape index (κ1) is 11.3. The van der Waals surface area contributed by atoms with Crippen molar-refractivity contribution < 1.29 is 10.2 Å². The van der Waals surface area contributed by atoms with E-state index in [1.54, 1.807) is 22.9 Å². The first-order chi connectivity index (χ1) is 8.24. The van der Waals surface area contributed by atoms with Crippen molar-refractivity contribution in [3.05, 3.63) is 40.8 Å². The lowest BCUT2D eigenvalue weighted by Crippen LogP contribution is -2.22. The van der Waals surface area contributed by atoms with E-state index < -0.39 is 12.2 Å². The van der Waals surface area contributed by atoms with E-state index in [0.717, 1.165) is 0 Å². The minimum atomic E-state index is -1.18. The molecule has 0 radical (unpaired) electrons. The Kier molecular flexibility index (Phi) is 3.20. The highest BCUT2D eigenvalue weighted by Crippen LogP contribution is 2.17. The van der Waals surface area contributed by atoms with Gasteiger partial charge in [0.15, 0.2) is 0 Å². The molecule has 0 aromatic carbocycles. The monoisotopic (exact) mass is 234 g/mol. The Morgan fingerprint density at radius 1 is 1.47 bits per heavy atom. The molecule has 2 heterocycles. The Labute approximate surface area is 95.8 Å². The van der Waals surface area contributed by atoms with Crippen molar-refractivity contribution in [1.29, 1.82) is 0 Å². The third-order valence-corrected chi connectivity index (χ3v) is 2.32. The predicted molar refractivity (Wildman–Crippen MR) is 58.0 cm³/mol. The topological polar surface area (TPSA) is 119 Å². The number of hydrogen-bond donors (Lipinski definition) is 2. The van der Waals surface area contributed by atoms with Crippen LogP contribution in [0.2, 0.25) is 0 Å². The third kappa shape index (κ3) is 2.18. The SMILES string of the molecule is [N-]=[N+]=NCC(O)C(O)c1cnc2ncccn12. The van der Waals surface area contributed by atoms with Crippen LogP contribution in [0.25, 0.3) is 16.2 Å². The number of imidazole rings is 1. The number of fused-ring (bicyclic) bond motifs is 1. The molecule has 2 aromatic rings. The number of hydrogen-bond acceptors (Lipinski definition) is 5. The molecule has 2 N–H and O–H groups in total. The fourth-order valence-electron chi connectivity index (χ4n) is 1.48. The fraction of sp³-hybridized carbons (Fsp3) is 0.333. The quantitative estimate of drug-likeness (QED) is 0.453. The number of rotatable bonds is 4. The molecule has 2 unspecified atom stereocenters. The van der Waals surface area contributed by atoms with E-state index >= 15 is 0 Å². The molecule has 8 nitrogen and oxygen atoms in total. The summed E-state index contributed by atoms with van der Waals surface area (Å²) in [5, 5.41) is 22.7. The van der Waals surface area contributed by atoms with Crippen molar-refractivity contribution in [2.24, 2.45) is 5.11 Å². The molecule has 0 saturated carbocycles. The van der Waals surface area contributed by atoms with E-state index in [9.17, 15) is 10.2 Å². The van der Waals surface area contributed by atoms with Crippen LogP contribution in [0.1, 0.15) is 11.8 Å². The number of aliphatic hydroxyl groups is 2. The second kappa shape index (κ2) is 4.79. The van der Waals surface area contributed by atoms with Gasteiger partial charge in [0.05, 0.1) is 24.5 Å². The first-order valence-electron chi connectivity index (χ1n) is 4.89. The molecule has 88 valence electrons. The van der Waals surface area contributed by atoms with E-state index in [1.165, 1.54) is 6.20 Å². The standard InChI is InChI=1S/C9H10N6O2/c10-14-13-5-7(16)8(17)6-4-12-9-11-2-1-3-15(6)9/h1-4,7-8,16-17H,5H2. The lowest BCUT2D eigenvalue weighted by Gasteiger charge is -2.15. The van der Waals surface area contributed by atoms with E-state index in [2.05, 4.69) is 20.0 Å². The van der Waals surface area contributed by atoms with Gasteiger partial charge in [-0.1, -0.05) is 5.11 Å². The average Bonchev–Trinajstić information content (AvgIpc) is 2.78. The van der Waals surface area contributed by atoms with Crippen molar-refractivity contribution in [3.8, 4) is 0 Å². The van der Waals surface area contributed by atoms with Crippen LogP contribution < -0.4 is 0 Å². The van der Waals surface area contributed by atoms with Gasteiger partial charge in [-0.25, -0.2) is 9.97 Å². The number of aliphatic hydroxyl groups excluding tert-OH is 2. The molecule has 0 saturated heterocycles. The minimum absolute atomic E-state index is 0.203. The van der Waals surface area contributed by atoms with Crippen molar-refractivity contribution in [3.63, 3.8) is 0 Å². The van der Waals surface area contributed by atoms with Gasteiger partial charge in [0, 0.05) is 17.3 Å². The molecule has 0 aliphatic heterocycles. The van der Waals surface area contributed by atoms with Gasteiger partial charge in [-0.3, -0.25) is 4.40 Å². The second-order valence-electron chi connectivity index (χ2n) is 3.40. The van der Waals surface area contributed by atoms with Crippen LogP contribution >= 0.6 is 0 Å². The lowest BCUT2D eigenvalue weighted by atomic mass is 10.1. The highest BCUT2D eigenvalue weighted by molar-refractivity contribution is 5.31. The van der Waals surface area contributed by atoms with Crippen LogP contribution in [-0.2, 0) is 0 Å². The van der Waals surface area contributed by atoms with E-state index in [0.29, 0.717) is 11.5 Å². The molecule has 0 aliphatic rings. The summed E-state index contributed by atoms with van der Waals surface area (Å²) in [7, 11) is 0. The molecule has 0 spiro atoms. The summed E-state index contributed by atoms with van der Waals surface area (Å²) in [6.45, 7) is -0.203. The van der Waals surface area contributed by atoms with Gasteiger partial charge >= 0.3 is 0 Å². The third-order valence-electron chi connectivity index (χ3n) is 2.32. The van der Waals surface area contributed by atoms with Gasteiger partial charge in [0.2, 0.25) is 5.78 Å². The number of azide groups is 1. The summed E-state index contributed by atoms with van der Waals surface area (Å²) >= 11 is 0. The summed E-state index contributed by atoms with van der Waals surface area (Å²) in [4.78, 5) is 10.5. The Balaban J connectivity index is 2.29. The van der Waals surface area contributed by atoms with Crippen LogP contribution in [-0.4, -0.2) is 37.2 Å². The Morgan fingerprint density at radius 3 is 3.06 bits per heavy atom. The highest BCUT2D eigenvalue weighted by Gasteiger charge is 2.21. The Hall–Kier alpha value is -2.15. The van der Waals surface area contributed by atoms with Crippen LogP contribution in [0, 0.1) is 0 Å². The van der Waals surface area contributed by atoms with Crippen molar-refractivity contribution in [1.82, 2.24) is 14.4 Å². The maximum absolute atomic E-state index is 9.88. The largest absolute Gasteiger partial charge is 0.390 e. The van der Waals surface area contributed by atoms with Gasteiger partial charge in [-0.15, -0.1) is 0 Å². The predicted octanol–water partition coefficient (Wildman–Crippen LogP) is 0.434. The van der Waals surface area contributed by atoms with Crippen molar-refractivity contribution in [2.45, 2.75) is 12.2 Å². The summed E-state index contributed by atoms with van der Waals surface area (Å²) < 4.78 is 1.56. The van der Waals surface area contributed by atoms with Crippen LogP contribution in [0.15, 0.2) is 29.8 Å². The smallest absolute Gasteiger partial charge is 0.233 e.